The van der Waals surface area contributed by atoms with E-state index in [1.807, 2.05) is 0 Å². The molecule has 0 atom stereocenters. The molecule has 316 valence electrons. The number of hydrogen-bond acceptors (Lipinski definition) is 24. The summed E-state index contributed by atoms with van der Waals surface area (Å²) in [5, 5.41) is 79.9. The zero-order valence-electron chi connectivity index (χ0n) is 30.3. The first-order valence-corrected chi connectivity index (χ1v) is 20.5. The highest BCUT2D eigenvalue weighted by Crippen LogP contribution is 2.18. The monoisotopic (exact) mass is 830 g/mol. The highest BCUT2D eigenvalue weighted by molar-refractivity contribution is 8.06. The molecular weight excluding hydrogens is 777 g/mol. The molecule has 0 aromatic carbocycles. The van der Waals surface area contributed by atoms with Crippen molar-refractivity contribution in [3.8, 4) is 0 Å². The topological polar surface area (TPSA) is 369 Å². The summed E-state index contributed by atoms with van der Waals surface area (Å²) < 4.78 is 55.0. The number of sulfonamides is 2. The Kier molecular flexibility index (Phi) is 22.0. The molecule has 55 heavy (non-hydrogen) atoms. The minimum atomic E-state index is -4.38. The van der Waals surface area contributed by atoms with Crippen molar-refractivity contribution in [1.29, 1.82) is 0 Å². The minimum absolute atomic E-state index is 0.0378. The van der Waals surface area contributed by atoms with Crippen LogP contribution < -0.4 is 39.7 Å². The van der Waals surface area contributed by atoms with Gasteiger partial charge >= 0.3 is 0 Å². The third kappa shape index (κ3) is 17.3. The maximum absolute atomic E-state index is 12.7. The summed E-state index contributed by atoms with van der Waals surface area (Å²) in [5.41, 5.74) is 0. The van der Waals surface area contributed by atoms with E-state index >= 15 is 0 Å². The molecule has 0 spiro atoms. The molecule has 0 aliphatic rings. The predicted octanol–water partition coefficient (Wildman–Crippen LogP) is -7.46. The third-order valence-corrected chi connectivity index (χ3v) is 10.9. The van der Waals surface area contributed by atoms with Gasteiger partial charge in [-0.25, -0.2) is 26.3 Å². The molecule has 0 bridgehead atoms. The lowest BCUT2D eigenvalue weighted by atomic mass is 10.5. The fourth-order valence-electron chi connectivity index (χ4n) is 4.69. The number of hydrogen-bond donors (Lipinski definition) is 12. The highest BCUT2D eigenvalue weighted by Gasteiger charge is 2.23. The zero-order chi connectivity index (χ0) is 40.7. The number of aromatic nitrogens is 6. The number of rotatable bonds is 32. The van der Waals surface area contributed by atoms with Crippen LogP contribution in [-0.4, -0.2) is 224 Å². The molecule has 0 aliphatic carbocycles. The third-order valence-electron chi connectivity index (χ3n) is 7.08. The smallest absolute Gasteiger partial charge is 0.232 e. The lowest BCUT2D eigenvalue weighted by molar-refractivity contribution is 0.278. The summed E-state index contributed by atoms with van der Waals surface area (Å²) in [6, 6.07) is 0. The molecule has 2 aromatic heterocycles. The van der Waals surface area contributed by atoms with E-state index in [2.05, 4.69) is 50.0 Å². The summed E-state index contributed by atoms with van der Waals surface area (Å²) >= 11 is 0. The van der Waals surface area contributed by atoms with Crippen LogP contribution in [0.1, 0.15) is 0 Å². The van der Waals surface area contributed by atoms with Gasteiger partial charge in [-0.05, 0) is 0 Å². The van der Waals surface area contributed by atoms with Crippen molar-refractivity contribution in [3.63, 3.8) is 0 Å². The number of nitrogens with one attached hydrogen (secondary N) is 4. The second-order valence-corrected chi connectivity index (χ2v) is 15.2. The fraction of sp³-hybridized carbons (Fsp3) is 0.778. The van der Waals surface area contributed by atoms with Crippen LogP contribution in [0, 0.1) is 0 Å². The van der Waals surface area contributed by atoms with E-state index in [4.69, 9.17) is 0 Å². The van der Waals surface area contributed by atoms with Crippen molar-refractivity contribution in [2.75, 3.05) is 167 Å². The van der Waals surface area contributed by atoms with Gasteiger partial charge < -0.3 is 71.1 Å². The average molecular weight is 831 g/mol. The van der Waals surface area contributed by atoms with Crippen LogP contribution in [0.25, 0.3) is 0 Å². The number of nitrogens with zero attached hydrogens (tertiary/aromatic N) is 10. The van der Waals surface area contributed by atoms with Crippen LogP contribution in [0.2, 0.25) is 0 Å². The quantitative estimate of drug-likeness (QED) is 0.0305. The van der Waals surface area contributed by atoms with E-state index < -0.39 is 25.1 Å². The molecule has 12 N–H and O–H groups in total. The van der Waals surface area contributed by atoms with Gasteiger partial charge in [0.15, 0.2) is 5.08 Å². The van der Waals surface area contributed by atoms with Crippen molar-refractivity contribution < 1.29 is 57.7 Å². The first-order chi connectivity index (χ1) is 26.4. The first kappa shape index (κ1) is 47.5. The van der Waals surface area contributed by atoms with Crippen molar-refractivity contribution >= 4 is 55.7 Å². The first-order valence-electron chi connectivity index (χ1n) is 17.2. The Morgan fingerprint density at radius 1 is 0.382 bits per heavy atom. The van der Waals surface area contributed by atoms with Gasteiger partial charge in [-0.15, -0.1) is 0 Å². The van der Waals surface area contributed by atoms with E-state index in [1.54, 1.807) is 0 Å². The molecule has 0 unspecified atom stereocenters. The molecule has 2 aromatic rings. The molecule has 0 saturated heterocycles. The molecule has 2 heterocycles. The minimum Gasteiger partial charge on any atom is -0.395 e. The summed E-state index contributed by atoms with van der Waals surface area (Å²) in [7, 11) is -8.75. The van der Waals surface area contributed by atoms with Crippen molar-refractivity contribution in [1.82, 2.24) is 39.3 Å². The zero-order valence-corrected chi connectivity index (χ0v) is 32.0. The van der Waals surface area contributed by atoms with Gasteiger partial charge in [-0.2, -0.15) is 29.9 Å². The van der Waals surface area contributed by atoms with Crippen LogP contribution in [-0.2, 0) is 20.0 Å². The fourth-order valence-corrected chi connectivity index (χ4v) is 7.82. The predicted molar refractivity (Wildman–Crippen MR) is 201 cm³/mol. The molecular formula is C27H54N14O12S2. The standard InChI is InChI=1S/C27H54N14O12S2/c42-13-5-38(6-14-43)24-32-22(33-25(36-24)39(7-15-44)8-16-45)28-1-3-30-54(50,51)21-55(52,53)31-4-2-29-23-34-26(40(9-17-46)10-18-47)37-27(35-23)41(11-19-48)12-20-49/h30-31,42-49H,1-21H2,(H,28,32,33,36)(H,29,34,35,37). The molecule has 0 aliphatic heterocycles. The van der Waals surface area contributed by atoms with Crippen molar-refractivity contribution in [2.24, 2.45) is 0 Å². The van der Waals surface area contributed by atoms with Gasteiger partial charge in [0.2, 0.25) is 55.7 Å². The van der Waals surface area contributed by atoms with Gasteiger partial charge in [-0.3, -0.25) is 0 Å². The lowest BCUT2D eigenvalue weighted by Gasteiger charge is -2.25. The average Bonchev–Trinajstić information content (AvgIpc) is 3.14. The van der Waals surface area contributed by atoms with Gasteiger partial charge in [0.1, 0.15) is 0 Å². The maximum Gasteiger partial charge on any atom is 0.232 e. The Morgan fingerprint density at radius 3 is 0.836 bits per heavy atom. The van der Waals surface area contributed by atoms with Crippen LogP contribution in [0.4, 0.5) is 35.7 Å². The van der Waals surface area contributed by atoms with Crippen LogP contribution in [0.5, 0.6) is 0 Å². The highest BCUT2D eigenvalue weighted by atomic mass is 32.3. The second kappa shape index (κ2) is 25.5. The van der Waals surface area contributed by atoms with Gasteiger partial charge in [0.05, 0.1) is 52.9 Å². The van der Waals surface area contributed by atoms with Crippen LogP contribution in [0.3, 0.4) is 0 Å². The summed E-state index contributed by atoms with van der Waals surface area (Å²) in [6.07, 6.45) is 0. The van der Waals surface area contributed by atoms with Gasteiger partial charge in [0.25, 0.3) is 0 Å². The Labute approximate surface area is 319 Å². The Balaban J connectivity index is 2.05. The Bertz CT molecular complexity index is 1390. The molecule has 0 fully saturated rings. The SMILES string of the molecule is O=S(=O)(CS(=O)(=O)NCCNc1nc(N(CCO)CCO)nc(N(CCO)CCO)n1)NCCNc1nc(N(CCO)CCO)nc(N(CCO)CCO)n1. The lowest BCUT2D eigenvalue weighted by Crippen LogP contribution is -2.39. The van der Waals surface area contributed by atoms with E-state index in [9.17, 15) is 57.7 Å². The van der Waals surface area contributed by atoms with E-state index in [-0.39, 0.29) is 167 Å². The van der Waals surface area contributed by atoms with E-state index in [0.717, 1.165) is 0 Å². The van der Waals surface area contributed by atoms with Crippen LogP contribution in [0.15, 0.2) is 0 Å². The van der Waals surface area contributed by atoms with Gasteiger partial charge in [-0.1, -0.05) is 0 Å². The number of aliphatic hydroxyl groups is 8. The molecule has 0 radical (unpaired) electrons. The number of aliphatic hydroxyl groups excluding tert-OH is 8. The van der Waals surface area contributed by atoms with E-state index in [1.165, 1.54) is 19.6 Å². The number of anilines is 6. The van der Waals surface area contributed by atoms with Crippen LogP contribution >= 0.6 is 0 Å². The molecule has 2 rings (SSSR count). The molecule has 0 amide bonds. The largest absolute Gasteiger partial charge is 0.395 e. The molecule has 26 nitrogen and oxygen atoms in total. The second-order valence-electron chi connectivity index (χ2n) is 11.2. The van der Waals surface area contributed by atoms with E-state index in [0.29, 0.717) is 0 Å². The summed E-state index contributed by atoms with van der Waals surface area (Å²) in [4.78, 5) is 31.6. The van der Waals surface area contributed by atoms with Crippen molar-refractivity contribution in [3.05, 3.63) is 0 Å². The summed E-state index contributed by atoms with van der Waals surface area (Å²) in [5.74, 6) is 0.131. The maximum atomic E-state index is 12.7. The molecule has 0 saturated carbocycles. The normalized spacial score (nSPS) is 11.8. The van der Waals surface area contributed by atoms with Gasteiger partial charge in [0, 0.05) is 78.5 Å². The molecule has 28 heteroatoms. The Hall–Kier alpha value is -3.68. The summed E-state index contributed by atoms with van der Waals surface area (Å²) in [6.45, 7) is -2.60. The van der Waals surface area contributed by atoms with Crippen molar-refractivity contribution in [2.45, 2.75) is 0 Å². The Morgan fingerprint density at radius 2 is 0.618 bits per heavy atom.